The van der Waals surface area contributed by atoms with Crippen LogP contribution in [0.1, 0.15) is 48.2 Å². The molecule has 2 aromatic carbocycles. The Morgan fingerprint density at radius 3 is 2.76 bits per heavy atom. The minimum absolute atomic E-state index is 0.180. The number of carbonyl (C=O) groups is 2. The van der Waals surface area contributed by atoms with Crippen molar-refractivity contribution in [2.75, 3.05) is 18.5 Å². The van der Waals surface area contributed by atoms with Crippen LogP contribution >= 0.6 is 11.6 Å². The molecule has 0 radical (unpaired) electrons. The summed E-state index contributed by atoms with van der Waals surface area (Å²) in [6, 6.07) is 10.6. The van der Waals surface area contributed by atoms with E-state index in [1.54, 1.807) is 12.1 Å². The lowest BCUT2D eigenvalue weighted by Crippen LogP contribution is -2.52. The normalized spacial score (nSPS) is 20.4. The first-order chi connectivity index (χ1) is 16.5. The molecule has 6 rings (SSSR count). The predicted molar refractivity (Wildman–Crippen MR) is 127 cm³/mol. The number of ether oxygens (including phenoxy) is 2. The van der Waals surface area contributed by atoms with E-state index < -0.39 is 5.54 Å². The summed E-state index contributed by atoms with van der Waals surface area (Å²) in [4.78, 5) is 25.4. The van der Waals surface area contributed by atoms with Crippen molar-refractivity contribution in [2.45, 2.75) is 43.7 Å². The molecule has 0 bridgehead atoms. The van der Waals surface area contributed by atoms with Crippen LogP contribution in [0.3, 0.4) is 0 Å². The molecule has 3 heterocycles. The number of urea groups is 1. The predicted octanol–water partition coefficient (Wildman–Crippen LogP) is 4.95. The lowest BCUT2D eigenvalue weighted by Gasteiger charge is -2.42. The molecular formula is C25H24ClN3O5. The van der Waals surface area contributed by atoms with Gasteiger partial charge in [0.25, 0.3) is 5.91 Å². The smallest absolute Gasteiger partial charge is 0.319 e. The van der Waals surface area contributed by atoms with E-state index in [2.05, 4.69) is 16.0 Å². The average molecular weight is 482 g/mol. The van der Waals surface area contributed by atoms with Crippen LogP contribution in [0.2, 0.25) is 5.02 Å². The maximum absolute atomic E-state index is 13.0. The number of anilines is 1. The highest BCUT2D eigenvalue weighted by molar-refractivity contribution is 6.35. The largest absolute Gasteiger partial charge is 0.486 e. The number of hydrogen-bond acceptors (Lipinski definition) is 5. The fraction of sp³-hybridized carbons (Fsp3) is 0.360. The van der Waals surface area contributed by atoms with Crippen LogP contribution in [0, 0.1) is 0 Å². The van der Waals surface area contributed by atoms with Crippen molar-refractivity contribution in [1.29, 1.82) is 0 Å². The van der Waals surface area contributed by atoms with E-state index in [1.165, 1.54) is 0 Å². The number of hydrogen-bond donors (Lipinski definition) is 3. The highest BCUT2D eigenvalue weighted by Crippen LogP contribution is 2.49. The molecule has 176 valence electrons. The van der Waals surface area contributed by atoms with Crippen molar-refractivity contribution in [3.63, 3.8) is 0 Å². The van der Waals surface area contributed by atoms with Gasteiger partial charge in [0, 0.05) is 10.9 Å². The molecule has 3 aliphatic rings. The summed E-state index contributed by atoms with van der Waals surface area (Å²) in [7, 11) is 0. The maximum atomic E-state index is 13.0. The summed E-state index contributed by atoms with van der Waals surface area (Å²) in [5.74, 6) is 1.18. The minimum atomic E-state index is -0.550. The molecule has 3 aromatic rings. The molecule has 3 amide bonds. The summed E-state index contributed by atoms with van der Waals surface area (Å²) < 4.78 is 17.7. The third-order valence-electron chi connectivity index (χ3n) is 6.82. The second kappa shape index (κ2) is 8.13. The third kappa shape index (κ3) is 3.53. The number of furan rings is 1. The number of benzene rings is 2. The Morgan fingerprint density at radius 2 is 1.94 bits per heavy atom. The Morgan fingerprint density at radius 1 is 1.15 bits per heavy atom. The molecule has 1 aromatic heterocycles. The lowest BCUT2D eigenvalue weighted by atomic mass is 9.74. The summed E-state index contributed by atoms with van der Waals surface area (Å²) >= 11 is 6.57. The zero-order valence-electron chi connectivity index (χ0n) is 18.4. The van der Waals surface area contributed by atoms with E-state index in [9.17, 15) is 9.59 Å². The Hall–Kier alpha value is -3.39. The van der Waals surface area contributed by atoms with Crippen molar-refractivity contribution in [3.05, 3.63) is 52.7 Å². The molecule has 3 N–H and O–H groups in total. The van der Waals surface area contributed by atoms with E-state index in [4.69, 9.17) is 25.5 Å². The molecule has 1 atom stereocenters. The fourth-order valence-corrected chi connectivity index (χ4v) is 5.51. The Bertz CT molecular complexity index is 1300. The van der Waals surface area contributed by atoms with Gasteiger partial charge in [-0.15, -0.1) is 0 Å². The lowest BCUT2D eigenvalue weighted by molar-refractivity contribution is 0.0774. The number of para-hydroxylation sites is 2. The van der Waals surface area contributed by atoms with Crippen molar-refractivity contribution in [2.24, 2.45) is 0 Å². The van der Waals surface area contributed by atoms with Crippen LogP contribution in [-0.2, 0) is 5.54 Å². The van der Waals surface area contributed by atoms with E-state index in [0.717, 1.165) is 43.1 Å². The van der Waals surface area contributed by atoms with Gasteiger partial charge in [0.15, 0.2) is 17.3 Å². The van der Waals surface area contributed by atoms with Crippen LogP contribution < -0.4 is 25.4 Å². The summed E-state index contributed by atoms with van der Waals surface area (Å²) in [6.45, 7) is 0.610. The molecule has 1 spiro atoms. The standard InChI is InChI=1S/C25H24ClN3O5/c26-16-10-14-11-19(23(30)27-12-15-13-32-17-6-2-3-7-18(17)33-15)34-22(14)20-21(16)28-24(31)29-25(20)8-4-1-5-9-25/h2-3,6-7,10-11,15H,1,4-5,8-9,12-13H2,(H,27,30)(H2,28,29,31). The molecule has 1 fully saturated rings. The molecule has 8 nitrogen and oxygen atoms in total. The zero-order chi connectivity index (χ0) is 23.3. The summed E-state index contributed by atoms with van der Waals surface area (Å²) in [5, 5.41) is 9.99. The van der Waals surface area contributed by atoms with Gasteiger partial charge in [-0.2, -0.15) is 0 Å². The molecule has 34 heavy (non-hydrogen) atoms. The van der Waals surface area contributed by atoms with E-state index >= 15 is 0 Å². The van der Waals surface area contributed by atoms with Gasteiger partial charge < -0.3 is 29.8 Å². The minimum Gasteiger partial charge on any atom is -0.486 e. The molecule has 0 saturated heterocycles. The molecule has 2 aliphatic heterocycles. The third-order valence-corrected chi connectivity index (χ3v) is 7.12. The topological polar surface area (TPSA) is 102 Å². The van der Waals surface area contributed by atoms with Crippen LogP contribution in [0.15, 0.2) is 40.8 Å². The van der Waals surface area contributed by atoms with Crippen molar-refractivity contribution in [1.82, 2.24) is 10.6 Å². The maximum Gasteiger partial charge on any atom is 0.319 e. The Balaban J connectivity index is 1.27. The number of fused-ring (bicyclic) bond motifs is 5. The summed E-state index contributed by atoms with van der Waals surface area (Å²) in [6.07, 6.45) is 4.39. The quantitative estimate of drug-likeness (QED) is 0.491. The molecular weight excluding hydrogens is 458 g/mol. The van der Waals surface area contributed by atoms with Crippen LogP contribution in [-0.4, -0.2) is 31.2 Å². The van der Waals surface area contributed by atoms with Gasteiger partial charge in [0.2, 0.25) is 0 Å². The van der Waals surface area contributed by atoms with E-state index in [1.807, 2.05) is 24.3 Å². The number of halogens is 1. The first-order valence-corrected chi connectivity index (χ1v) is 11.9. The monoisotopic (exact) mass is 481 g/mol. The van der Waals surface area contributed by atoms with Gasteiger partial charge in [-0.3, -0.25) is 4.79 Å². The van der Waals surface area contributed by atoms with Crippen molar-refractivity contribution < 1.29 is 23.5 Å². The summed E-state index contributed by atoms with van der Waals surface area (Å²) in [5.41, 5.74) is 1.41. The number of carbonyl (C=O) groups excluding carboxylic acids is 2. The van der Waals surface area contributed by atoms with Gasteiger partial charge in [-0.05, 0) is 37.1 Å². The van der Waals surface area contributed by atoms with Gasteiger partial charge in [0.05, 0.1) is 22.8 Å². The van der Waals surface area contributed by atoms with Crippen molar-refractivity contribution in [3.8, 4) is 11.5 Å². The van der Waals surface area contributed by atoms with Gasteiger partial charge in [-0.1, -0.05) is 43.0 Å². The highest BCUT2D eigenvalue weighted by atomic mass is 35.5. The van der Waals surface area contributed by atoms with E-state index in [-0.39, 0.29) is 30.3 Å². The van der Waals surface area contributed by atoms with Gasteiger partial charge in [0.1, 0.15) is 18.3 Å². The first kappa shape index (κ1) is 21.2. The van der Waals surface area contributed by atoms with Crippen LogP contribution in [0.5, 0.6) is 11.5 Å². The first-order valence-electron chi connectivity index (χ1n) is 11.5. The number of amides is 3. The Kier molecular flexibility index (Phi) is 5.06. The number of nitrogens with one attached hydrogen (secondary N) is 3. The van der Waals surface area contributed by atoms with Crippen molar-refractivity contribution >= 4 is 40.2 Å². The molecule has 9 heteroatoms. The number of rotatable bonds is 3. The fourth-order valence-electron chi connectivity index (χ4n) is 5.25. The Labute approximate surface area is 200 Å². The SMILES string of the molecule is O=C1Nc2c(Cl)cc3cc(C(=O)NCC4COc5ccccc5O4)oc3c2C2(CCCCC2)N1. The zero-order valence-corrected chi connectivity index (χ0v) is 19.2. The molecule has 1 unspecified atom stereocenters. The van der Waals surface area contributed by atoms with Crippen LogP contribution in [0.4, 0.5) is 10.5 Å². The molecule has 1 aliphatic carbocycles. The highest BCUT2D eigenvalue weighted by Gasteiger charge is 2.44. The van der Waals surface area contributed by atoms with Gasteiger partial charge in [-0.25, -0.2) is 4.79 Å². The molecule has 1 saturated carbocycles. The second-order valence-electron chi connectivity index (χ2n) is 9.07. The second-order valence-corrected chi connectivity index (χ2v) is 9.47. The van der Waals surface area contributed by atoms with Crippen LogP contribution in [0.25, 0.3) is 11.0 Å². The van der Waals surface area contributed by atoms with E-state index in [0.29, 0.717) is 34.4 Å². The average Bonchev–Trinajstić information content (AvgIpc) is 3.26. The van der Waals surface area contributed by atoms with Gasteiger partial charge >= 0.3 is 6.03 Å².